The summed E-state index contributed by atoms with van der Waals surface area (Å²) in [5, 5.41) is 1.78. The summed E-state index contributed by atoms with van der Waals surface area (Å²) in [5.74, 6) is 0.643. The molecule has 0 aromatic heterocycles. The molecular weight excluding hydrogens is 279 g/mol. The fourth-order valence-electron chi connectivity index (χ4n) is 1.61. The maximum atomic E-state index is 6.19. The molecule has 0 N–H and O–H groups in total. The molecule has 17 heavy (non-hydrogen) atoms. The summed E-state index contributed by atoms with van der Waals surface area (Å²) < 4.78 is 5.29. The predicted molar refractivity (Wildman–Crippen MR) is 73.5 cm³/mol. The number of hydrogen-bond donors (Lipinski definition) is 0. The van der Waals surface area contributed by atoms with Gasteiger partial charge in [-0.25, -0.2) is 0 Å². The van der Waals surface area contributed by atoms with Crippen molar-refractivity contribution in [3.8, 4) is 16.9 Å². The van der Waals surface area contributed by atoms with E-state index in [0.717, 1.165) is 11.1 Å². The monoisotopic (exact) mass is 286 g/mol. The Morgan fingerprint density at radius 3 is 2.12 bits per heavy atom. The van der Waals surface area contributed by atoms with Crippen LogP contribution in [0.15, 0.2) is 36.4 Å². The molecule has 1 nitrogen and oxygen atoms in total. The second-order valence-electron chi connectivity index (χ2n) is 3.47. The second-order valence-corrected chi connectivity index (χ2v) is 4.75. The van der Waals surface area contributed by atoms with E-state index in [1.807, 2.05) is 12.1 Å². The van der Waals surface area contributed by atoms with Gasteiger partial charge in [0.1, 0.15) is 5.75 Å². The van der Waals surface area contributed by atoms with Gasteiger partial charge in [0.25, 0.3) is 0 Å². The van der Waals surface area contributed by atoms with Gasteiger partial charge < -0.3 is 4.74 Å². The molecule has 0 radical (unpaired) electrons. The van der Waals surface area contributed by atoms with Crippen molar-refractivity contribution in [3.63, 3.8) is 0 Å². The zero-order chi connectivity index (χ0) is 12.4. The van der Waals surface area contributed by atoms with Crippen LogP contribution in [0.1, 0.15) is 0 Å². The average molecular weight is 288 g/mol. The molecular formula is C13H9Cl3O. The molecule has 2 aromatic rings. The molecule has 2 rings (SSSR count). The highest BCUT2D eigenvalue weighted by Gasteiger charge is 2.11. The summed E-state index contributed by atoms with van der Waals surface area (Å²) in [6.45, 7) is 0. The lowest BCUT2D eigenvalue weighted by molar-refractivity contribution is 0.416. The largest absolute Gasteiger partial charge is 0.496 e. The van der Waals surface area contributed by atoms with Crippen LogP contribution in [0, 0.1) is 0 Å². The maximum absolute atomic E-state index is 6.19. The number of benzene rings is 2. The normalized spacial score (nSPS) is 10.4. The molecule has 0 unspecified atom stereocenters. The molecule has 0 saturated heterocycles. The van der Waals surface area contributed by atoms with E-state index in [0.29, 0.717) is 20.8 Å². The zero-order valence-corrected chi connectivity index (χ0v) is 11.3. The molecule has 88 valence electrons. The topological polar surface area (TPSA) is 9.23 Å². The van der Waals surface area contributed by atoms with Crippen molar-refractivity contribution in [2.24, 2.45) is 0 Å². The van der Waals surface area contributed by atoms with Gasteiger partial charge in [-0.15, -0.1) is 0 Å². The van der Waals surface area contributed by atoms with E-state index < -0.39 is 0 Å². The van der Waals surface area contributed by atoms with Crippen LogP contribution in [0.5, 0.6) is 5.75 Å². The van der Waals surface area contributed by atoms with Gasteiger partial charge in [-0.2, -0.15) is 0 Å². The van der Waals surface area contributed by atoms with E-state index in [2.05, 4.69) is 0 Å². The highest BCUT2D eigenvalue weighted by Crippen LogP contribution is 2.39. The molecule has 0 amide bonds. The predicted octanol–water partition coefficient (Wildman–Crippen LogP) is 5.32. The van der Waals surface area contributed by atoms with Crippen LogP contribution in [-0.2, 0) is 0 Å². The number of ether oxygens (including phenoxy) is 1. The Hall–Kier alpha value is -0.890. The molecule has 0 saturated carbocycles. The van der Waals surface area contributed by atoms with E-state index in [9.17, 15) is 0 Å². The second kappa shape index (κ2) is 5.18. The number of halogens is 3. The van der Waals surface area contributed by atoms with Gasteiger partial charge in [-0.05, 0) is 29.8 Å². The first kappa shape index (κ1) is 12.6. The SMILES string of the molecule is COc1cc(Cl)cc(Cl)c1-c1ccc(Cl)cc1. The first-order chi connectivity index (χ1) is 8.11. The van der Waals surface area contributed by atoms with Gasteiger partial charge in [-0.3, -0.25) is 0 Å². The molecule has 4 heteroatoms. The highest BCUT2D eigenvalue weighted by atomic mass is 35.5. The quantitative estimate of drug-likeness (QED) is 0.726. The Morgan fingerprint density at radius 1 is 0.882 bits per heavy atom. The first-order valence-electron chi connectivity index (χ1n) is 4.91. The van der Waals surface area contributed by atoms with Crippen molar-refractivity contribution in [2.45, 2.75) is 0 Å². The average Bonchev–Trinajstić information content (AvgIpc) is 2.30. The molecule has 0 heterocycles. The van der Waals surface area contributed by atoms with Gasteiger partial charge in [0.05, 0.1) is 12.1 Å². The van der Waals surface area contributed by atoms with Crippen molar-refractivity contribution in [2.75, 3.05) is 7.11 Å². The molecule has 0 aliphatic carbocycles. The van der Waals surface area contributed by atoms with Crippen LogP contribution in [0.4, 0.5) is 0 Å². The van der Waals surface area contributed by atoms with Crippen LogP contribution in [0.3, 0.4) is 0 Å². The van der Waals surface area contributed by atoms with Crippen LogP contribution < -0.4 is 4.74 Å². The Labute approximate surface area is 115 Å². The molecule has 0 aliphatic rings. The molecule has 0 atom stereocenters. The highest BCUT2D eigenvalue weighted by molar-refractivity contribution is 6.37. The fourth-order valence-corrected chi connectivity index (χ4v) is 2.32. The summed E-state index contributed by atoms with van der Waals surface area (Å²) in [4.78, 5) is 0. The van der Waals surface area contributed by atoms with Crippen LogP contribution in [0.25, 0.3) is 11.1 Å². The number of rotatable bonds is 2. The Bertz CT molecular complexity index is 535. The van der Waals surface area contributed by atoms with Gasteiger partial charge >= 0.3 is 0 Å². The number of methoxy groups -OCH3 is 1. The van der Waals surface area contributed by atoms with E-state index in [4.69, 9.17) is 39.5 Å². The number of hydrogen-bond acceptors (Lipinski definition) is 1. The zero-order valence-electron chi connectivity index (χ0n) is 9.01. The molecule has 2 aromatic carbocycles. The van der Waals surface area contributed by atoms with Gasteiger partial charge in [-0.1, -0.05) is 46.9 Å². The van der Waals surface area contributed by atoms with Gasteiger partial charge in [0.15, 0.2) is 0 Å². The standard InChI is InChI=1S/C13H9Cl3O/c1-17-12-7-10(15)6-11(16)13(12)8-2-4-9(14)5-3-8/h2-7H,1H3. The third kappa shape index (κ3) is 2.68. The lowest BCUT2D eigenvalue weighted by Gasteiger charge is -2.11. The van der Waals surface area contributed by atoms with Gasteiger partial charge in [0.2, 0.25) is 0 Å². The minimum Gasteiger partial charge on any atom is -0.496 e. The van der Waals surface area contributed by atoms with Crippen LogP contribution in [0.2, 0.25) is 15.1 Å². The first-order valence-corrected chi connectivity index (χ1v) is 6.04. The lowest BCUT2D eigenvalue weighted by atomic mass is 10.0. The summed E-state index contributed by atoms with van der Waals surface area (Å²) in [6.07, 6.45) is 0. The van der Waals surface area contributed by atoms with Crippen molar-refractivity contribution in [3.05, 3.63) is 51.5 Å². The summed E-state index contributed by atoms with van der Waals surface area (Å²) in [7, 11) is 1.58. The maximum Gasteiger partial charge on any atom is 0.129 e. The summed E-state index contributed by atoms with van der Waals surface area (Å²) in [5.41, 5.74) is 1.75. The van der Waals surface area contributed by atoms with Crippen molar-refractivity contribution < 1.29 is 4.74 Å². The van der Waals surface area contributed by atoms with E-state index in [1.165, 1.54) is 0 Å². The lowest BCUT2D eigenvalue weighted by Crippen LogP contribution is -1.89. The minimum atomic E-state index is 0.546. The van der Waals surface area contributed by atoms with E-state index in [-0.39, 0.29) is 0 Å². The van der Waals surface area contributed by atoms with Crippen molar-refractivity contribution >= 4 is 34.8 Å². The minimum absolute atomic E-state index is 0.546. The van der Waals surface area contributed by atoms with Crippen LogP contribution in [-0.4, -0.2) is 7.11 Å². The molecule has 0 spiro atoms. The Balaban J connectivity index is 2.61. The summed E-state index contributed by atoms with van der Waals surface area (Å²) >= 11 is 18.0. The molecule has 0 bridgehead atoms. The Kier molecular flexibility index (Phi) is 3.82. The third-order valence-electron chi connectivity index (χ3n) is 2.37. The van der Waals surface area contributed by atoms with E-state index >= 15 is 0 Å². The van der Waals surface area contributed by atoms with Crippen molar-refractivity contribution in [1.82, 2.24) is 0 Å². The van der Waals surface area contributed by atoms with Crippen molar-refractivity contribution in [1.29, 1.82) is 0 Å². The molecule has 0 fully saturated rings. The van der Waals surface area contributed by atoms with E-state index in [1.54, 1.807) is 31.4 Å². The van der Waals surface area contributed by atoms with Gasteiger partial charge in [0, 0.05) is 15.6 Å². The molecule has 0 aliphatic heterocycles. The van der Waals surface area contributed by atoms with Crippen LogP contribution >= 0.6 is 34.8 Å². The third-order valence-corrected chi connectivity index (χ3v) is 3.14. The fraction of sp³-hybridized carbons (Fsp3) is 0.0769. The summed E-state index contributed by atoms with van der Waals surface area (Å²) in [6, 6.07) is 10.8. The Morgan fingerprint density at radius 2 is 1.53 bits per heavy atom. The smallest absolute Gasteiger partial charge is 0.129 e.